The van der Waals surface area contributed by atoms with E-state index in [0.717, 1.165) is 23.1 Å². The van der Waals surface area contributed by atoms with Crippen LogP contribution in [0, 0.1) is 5.82 Å². The van der Waals surface area contributed by atoms with E-state index >= 15 is 0 Å². The fourth-order valence-corrected chi connectivity index (χ4v) is 5.20. The van der Waals surface area contributed by atoms with Crippen LogP contribution in [0.3, 0.4) is 0 Å². The summed E-state index contributed by atoms with van der Waals surface area (Å²) >= 11 is 3.37. The number of hydrogen-bond donors (Lipinski definition) is 1. The molecule has 1 heterocycles. The Kier molecular flexibility index (Phi) is 5.13. The molecule has 1 fully saturated rings. The number of hydrogen-bond acceptors (Lipinski definition) is 4. The van der Waals surface area contributed by atoms with Crippen molar-refractivity contribution in [2.75, 3.05) is 11.5 Å². The van der Waals surface area contributed by atoms with Crippen LogP contribution in [0.5, 0.6) is 5.75 Å². The maximum Gasteiger partial charge on any atom is 0.335 e. The predicted octanol–water partition coefficient (Wildman–Crippen LogP) is 4.58. The number of carboxylic acids is 1. The van der Waals surface area contributed by atoms with Crippen molar-refractivity contribution in [1.29, 1.82) is 0 Å². The highest BCUT2D eigenvalue weighted by Gasteiger charge is 2.26. The molecule has 2 aromatic carbocycles. The highest BCUT2D eigenvalue weighted by Crippen LogP contribution is 2.49. The van der Waals surface area contributed by atoms with Gasteiger partial charge in [0.1, 0.15) is 6.61 Å². The summed E-state index contributed by atoms with van der Waals surface area (Å²) in [6, 6.07) is 12.1. The van der Waals surface area contributed by atoms with E-state index in [4.69, 9.17) is 9.84 Å². The number of rotatable bonds is 5. The molecule has 3 rings (SSSR count). The van der Waals surface area contributed by atoms with Gasteiger partial charge in [-0.1, -0.05) is 30.3 Å². The van der Waals surface area contributed by atoms with Crippen LogP contribution >= 0.6 is 23.5 Å². The molecule has 1 saturated heterocycles. The van der Waals surface area contributed by atoms with Crippen LogP contribution in [0.2, 0.25) is 0 Å². The van der Waals surface area contributed by atoms with E-state index in [1.807, 2.05) is 30.3 Å². The zero-order valence-electron chi connectivity index (χ0n) is 12.2. The molecule has 0 aromatic heterocycles. The first kappa shape index (κ1) is 16.2. The summed E-state index contributed by atoms with van der Waals surface area (Å²) < 4.78 is 20.1. The van der Waals surface area contributed by atoms with E-state index in [2.05, 4.69) is 0 Å². The second-order valence-electron chi connectivity index (χ2n) is 5.03. The van der Waals surface area contributed by atoms with Gasteiger partial charge in [0.2, 0.25) is 0 Å². The number of carbonyl (C=O) groups is 1. The van der Waals surface area contributed by atoms with Gasteiger partial charge in [0.25, 0.3) is 0 Å². The average Bonchev–Trinajstić information content (AvgIpc) is 3.08. The minimum Gasteiger partial charge on any atom is -0.485 e. The molecule has 120 valence electrons. The Hall–Kier alpha value is -1.66. The van der Waals surface area contributed by atoms with Gasteiger partial charge in [-0.15, -0.1) is 23.5 Å². The van der Waals surface area contributed by atoms with Crippen LogP contribution < -0.4 is 4.74 Å². The highest BCUT2D eigenvalue weighted by molar-refractivity contribution is 8.19. The van der Waals surface area contributed by atoms with Crippen LogP contribution in [0.1, 0.15) is 26.1 Å². The first-order valence-corrected chi connectivity index (χ1v) is 9.21. The highest BCUT2D eigenvalue weighted by atomic mass is 32.2. The van der Waals surface area contributed by atoms with E-state index in [9.17, 15) is 9.18 Å². The Bertz CT molecular complexity index is 700. The van der Waals surface area contributed by atoms with E-state index in [-0.39, 0.29) is 22.5 Å². The lowest BCUT2D eigenvalue weighted by Gasteiger charge is -2.17. The summed E-state index contributed by atoms with van der Waals surface area (Å²) in [4.78, 5) is 11.2. The zero-order valence-corrected chi connectivity index (χ0v) is 13.8. The van der Waals surface area contributed by atoms with Gasteiger partial charge in [-0.3, -0.25) is 0 Å². The lowest BCUT2D eigenvalue weighted by atomic mass is 10.1. The molecule has 0 saturated carbocycles. The molecule has 0 radical (unpaired) electrons. The van der Waals surface area contributed by atoms with E-state index in [1.54, 1.807) is 23.5 Å². The summed E-state index contributed by atoms with van der Waals surface area (Å²) in [5.74, 6) is 0.334. The second-order valence-corrected chi connectivity index (χ2v) is 7.75. The van der Waals surface area contributed by atoms with Gasteiger partial charge in [-0.25, -0.2) is 9.18 Å². The molecule has 0 spiro atoms. The topological polar surface area (TPSA) is 46.5 Å². The van der Waals surface area contributed by atoms with Crippen molar-refractivity contribution in [3.05, 3.63) is 65.0 Å². The first-order chi connectivity index (χ1) is 11.1. The zero-order chi connectivity index (χ0) is 16.2. The lowest BCUT2D eigenvalue weighted by molar-refractivity contribution is 0.0696. The normalized spacial score (nSPS) is 14.8. The Morgan fingerprint density at radius 2 is 1.91 bits per heavy atom. The maximum atomic E-state index is 14.4. The van der Waals surface area contributed by atoms with Crippen LogP contribution in [0.15, 0.2) is 42.5 Å². The van der Waals surface area contributed by atoms with E-state index < -0.39 is 11.8 Å². The van der Waals surface area contributed by atoms with Crippen molar-refractivity contribution in [3.8, 4) is 5.75 Å². The van der Waals surface area contributed by atoms with Crippen LogP contribution in [0.4, 0.5) is 4.39 Å². The molecule has 0 atom stereocenters. The number of carboxylic acid groups (broad SMARTS) is 1. The summed E-state index contributed by atoms with van der Waals surface area (Å²) in [5.41, 5.74) is 1.51. The molecule has 0 bridgehead atoms. The van der Waals surface area contributed by atoms with Crippen LogP contribution in [-0.4, -0.2) is 22.6 Å². The standard InChI is InChI=1S/C17H15FO3S2/c18-14-9-12(16(19)20)8-13(17-22-6-7-23-17)15(14)21-10-11-4-2-1-3-5-11/h1-5,8-9,17H,6-7,10H2,(H,19,20). The predicted molar refractivity (Wildman–Crippen MR) is 91.8 cm³/mol. The minimum absolute atomic E-state index is 0.00886. The molecule has 2 aromatic rings. The molecule has 0 amide bonds. The van der Waals surface area contributed by atoms with Gasteiger partial charge in [0, 0.05) is 17.1 Å². The largest absolute Gasteiger partial charge is 0.485 e. The molecule has 0 aliphatic carbocycles. The third-order valence-corrected chi connectivity index (χ3v) is 6.49. The SMILES string of the molecule is O=C(O)c1cc(F)c(OCc2ccccc2)c(C2SCCS2)c1. The second kappa shape index (κ2) is 7.27. The van der Waals surface area contributed by atoms with E-state index in [1.165, 1.54) is 6.07 Å². The van der Waals surface area contributed by atoms with Crippen molar-refractivity contribution >= 4 is 29.5 Å². The molecular formula is C17H15FO3S2. The summed E-state index contributed by atoms with van der Waals surface area (Å²) in [7, 11) is 0. The number of thioether (sulfide) groups is 2. The molecule has 0 unspecified atom stereocenters. The van der Waals surface area contributed by atoms with Gasteiger partial charge in [-0.05, 0) is 17.7 Å². The molecular weight excluding hydrogens is 335 g/mol. The fraction of sp³-hybridized carbons (Fsp3) is 0.235. The Morgan fingerprint density at radius 1 is 1.22 bits per heavy atom. The molecule has 1 aliphatic heterocycles. The van der Waals surface area contributed by atoms with Crippen molar-refractivity contribution in [2.24, 2.45) is 0 Å². The maximum absolute atomic E-state index is 14.4. The summed E-state index contributed by atoms with van der Waals surface area (Å²) in [6.07, 6.45) is 0. The molecule has 23 heavy (non-hydrogen) atoms. The third kappa shape index (κ3) is 3.82. The van der Waals surface area contributed by atoms with Gasteiger partial charge >= 0.3 is 5.97 Å². The smallest absolute Gasteiger partial charge is 0.335 e. The third-order valence-electron chi connectivity index (χ3n) is 3.42. The number of benzene rings is 2. The lowest BCUT2D eigenvalue weighted by Crippen LogP contribution is -2.05. The monoisotopic (exact) mass is 350 g/mol. The fourth-order valence-electron chi connectivity index (χ4n) is 2.33. The van der Waals surface area contributed by atoms with Gasteiger partial charge in [-0.2, -0.15) is 0 Å². The summed E-state index contributed by atoms with van der Waals surface area (Å²) in [5, 5.41) is 9.15. The Balaban J connectivity index is 1.92. The van der Waals surface area contributed by atoms with Crippen LogP contribution in [0.25, 0.3) is 0 Å². The molecule has 3 nitrogen and oxygen atoms in total. The van der Waals surface area contributed by atoms with Crippen molar-refractivity contribution in [2.45, 2.75) is 11.2 Å². The first-order valence-electron chi connectivity index (χ1n) is 7.12. The molecule has 6 heteroatoms. The Morgan fingerprint density at radius 3 is 2.57 bits per heavy atom. The molecule has 1 aliphatic rings. The quantitative estimate of drug-likeness (QED) is 0.855. The average molecular weight is 350 g/mol. The summed E-state index contributed by atoms with van der Waals surface area (Å²) in [6.45, 7) is 0.249. The van der Waals surface area contributed by atoms with Crippen molar-refractivity contribution < 1.29 is 19.0 Å². The Labute approximate surface area is 142 Å². The number of ether oxygens (including phenoxy) is 1. The number of aromatic carboxylic acids is 1. The minimum atomic E-state index is -1.13. The molecule has 1 N–H and O–H groups in total. The van der Waals surface area contributed by atoms with Crippen molar-refractivity contribution in [1.82, 2.24) is 0 Å². The number of halogens is 1. The van der Waals surface area contributed by atoms with Crippen LogP contribution in [-0.2, 0) is 6.61 Å². The van der Waals surface area contributed by atoms with E-state index in [0.29, 0.717) is 5.56 Å². The van der Waals surface area contributed by atoms with Gasteiger partial charge in [0.05, 0.1) is 10.1 Å². The van der Waals surface area contributed by atoms with Crippen molar-refractivity contribution in [3.63, 3.8) is 0 Å². The van der Waals surface area contributed by atoms with Gasteiger partial charge < -0.3 is 9.84 Å². The van der Waals surface area contributed by atoms with Gasteiger partial charge in [0.15, 0.2) is 11.6 Å².